The van der Waals surface area contributed by atoms with Gasteiger partial charge in [0.2, 0.25) is 0 Å². The van der Waals surface area contributed by atoms with Crippen LogP contribution in [0.4, 0.5) is 10.5 Å². The highest BCUT2D eigenvalue weighted by atomic mass is 16.2. The Morgan fingerprint density at radius 3 is 1.86 bits per heavy atom. The largest absolute Gasteiger partial charge is 0.322 e. The van der Waals surface area contributed by atoms with Crippen LogP contribution in [0.25, 0.3) is 0 Å². The molecule has 0 heterocycles. The van der Waals surface area contributed by atoms with Crippen LogP contribution in [0.5, 0.6) is 0 Å². The molecule has 0 spiro atoms. The smallest absolute Gasteiger partial charge is 0.317 e. The number of hydrogen-bond acceptors (Lipinski definition) is 1. The number of nitrogens with zero attached hydrogens (tertiary/aromatic N) is 1. The number of rotatable bonds is 7. The lowest BCUT2D eigenvalue weighted by molar-refractivity contribution is 0.158. The molecule has 4 rings (SSSR count). The molecule has 0 unspecified atom stereocenters. The summed E-state index contributed by atoms with van der Waals surface area (Å²) in [4.78, 5) is 16.0. The third-order valence-electron chi connectivity index (χ3n) is 7.47. The Morgan fingerprint density at radius 1 is 0.771 bits per heavy atom. The van der Waals surface area contributed by atoms with Crippen molar-refractivity contribution < 1.29 is 4.79 Å². The van der Waals surface area contributed by atoms with E-state index in [9.17, 15) is 4.79 Å². The lowest BCUT2D eigenvalue weighted by Gasteiger charge is -2.37. The van der Waals surface area contributed by atoms with Crippen molar-refractivity contribution in [2.45, 2.75) is 83.7 Å². The van der Waals surface area contributed by atoms with Gasteiger partial charge in [-0.2, -0.15) is 0 Å². The first-order valence-electron chi connectivity index (χ1n) is 13.2. The molecule has 3 aromatic rings. The number of nitrogens with one attached hydrogen (secondary N) is 1. The van der Waals surface area contributed by atoms with Crippen molar-refractivity contribution in [3.05, 3.63) is 101 Å². The zero-order valence-corrected chi connectivity index (χ0v) is 21.7. The van der Waals surface area contributed by atoms with E-state index in [1.807, 2.05) is 6.07 Å². The maximum absolute atomic E-state index is 13.9. The van der Waals surface area contributed by atoms with Gasteiger partial charge in [0.15, 0.2) is 0 Å². The first kappa shape index (κ1) is 25.0. The Bertz CT molecular complexity index is 1060. The quantitative estimate of drug-likeness (QED) is 0.369. The zero-order valence-electron chi connectivity index (χ0n) is 21.7. The van der Waals surface area contributed by atoms with E-state index < -0.39 is 0 Å². The first-order valence-corrected chi connectivity index (χ1v) is 13.2. The van der Waals surface area contributed by atoms with Gasteiger partial charge in [0.1, 0.15) is 0 Å². The molecule has 1 fully saturated rings. The molecule has 35 heavy (non-hydrogen) atoms. The van der Waals surface area contributed by atoms with Crippen molar-refractivity contribution in [3.8, 4) is 0 Å². The van der Waals surface area contributed by atoms with Gasteiger partial charge in [-0.25, -0.2) is 4.79 Å². The molecule has 1 aliphatic carbocycles. The van der Waals surface area contributed by atoms with Crippen LogP contribution in [-0.4, -0.2) is 17.0 Å². The van der Waals surface area contributed by atoms with E-state index in [1.165, 1.54) is 22.3 Å². The van der Waals surface area contributed by atoms with Crippen molar-refractivity contribution in [1.82, 2.24) is 4.90 Å². The molecular formula is C32H40N2O. The van der Waals surface area contributed by atoms with Crippen LogP contribution in [0.15, 0.2) is 78.9 Å². The van der Waals surface area contributed by atoms with E-state index in [2.05, 4.69) is 111 Å². The van der Waals surface area contributed by atoms with E-state index in [-0.39, 0.29) is 12.1 Å². The third-order valence-corrected chi connectivity index (χ3v) is 7.47. The van der Waals surface area contributed by atoms with Crippen LogP contribution in [0, 0.1) is 0 Å². The Kier molecular flexibility index (Phi) is 8.28. The second-order valence-electron chi connectivity index (χ2n) is 10.6. The summed E-state index contributed by atoms with van der Waals surface area (Å²) in [5.74, 6) is 1.27. The van der Waals surface area contributed by atoms with Gasteiger partial charge in [-0.1, -0.05) is 107 Å². The molecule has 3 heteroatoms. The number of carbonyl (C=O) groups excluding carboxylic acids is 1. The van der Waals surface area contributed by atoms with Crippen LogP contribution in [-0.2, 0) is 6.54 Å². The molecule has 0 aromatic heterocycles. The van der Waals surface area contributed by atoms with Crippen molar-refractivity contribution in [1.29, 1.82) is 0 Å². The van der Waals surface area contributed by atoms with Gasteiger partial charge >= 0.3 is 6.03 Å². The highest BCUT2D eigenvalue weighted by molar-refractivity contribution is 5.91. The molecule has 0 bridgehead atoms. The minimum atomic E-state index is 0.0204. The molecule has 3 nitrogen and oxygen atoms in total. The van der Waals surface area contributed by atoms with Gasteiger partial charge in [0, 0.05) is 18.3 Å². The second-order valence-corrected chi connectivity index (χ2v) is 10.6. The molecule has 3 aromatic carbocycles. The van der Waals surface area contributed by atoms with Crippen LogP contribution < -0.4 is 5.32 Å². The Labute approximate surface area is 211 Å². The maximum atomic E-state index is 13.9. The summed E-state index contributed by atoms with van der Waals surface area (Å²) in [6.07, 6.45) is 4.30. The fraction of sp³-hybridized carbons (Fsp3) is 0.406. The lowest BCUT2D eigenvalue weighted by Crippen LogP contribution is -2.44. The van der Waals surface area contributed by atoms with Crippen LogP contribution in [0.1, 0.15) is 93.4 Å². The van der Waals surface area contributed by atoms with Gasteiger partial charge in [-0.05, 0) is 65.7 Å². The Morgan fingerprint density at radius 2 is 1.31 bits per heavy atom. The number of urea groups is 1. The SMILES string of the molecule is CC(C)c1cccc(C(C)C)c1NC(=O)N(Cc1ccccc1)[C@H]1CC[C@@H](c2ccccc2)CC1. The van der Waals surface area contributed by atoms with Crippen molar-refractivity contribution in [3.63, 3.8) is 0 Å². The van der Waals surface area contributed by atoms with Gasteiger partial charge < -0.3 is 10.2 Å². The highest BCUT2D eigenvalue weighted by Gasteiger charge is 2.30. The zero-order chi connectivity index (χ0) is 24.8. The maximum Gasteiger partial charge on any atom is 0.322 e. The molecule has 0 saturated heterocycles. The number of hydrogen-bond donors (Lipinski definition) is 1. The first-order chi connectivity index (χ1) is 16.9. The van der Waals surface area contributed by atoms with Crippen molar-refractivity contribution >= 4 is 11.7 Å². The molecule has 1 saturated carbocycles. The molecule has 1 aliphatic rings. The summed E-state index contributed by atoms with van der Waals surface area (Å²) in [6, 6.07) is 27.9. The van der Waals surface area contributed by atoms with E-state index in [0.717, 1.165) is 31.4 Å². The van der Waals surface area contributed by atoms with Gasteiger partial charge in [0.25, 0.3) is 0 Å². The highest BCUT2D eigenvalue weighted by Crippen LogP contribution is 2.37. The van der Waals surface area contributed by atoms with Crippen LogP contribution >= 0.6 is 0 Å². The van der Waals surface area contributed by atoms with Gasteiger partial charge in [-0.3, -0.25) is 0 Å². The second kappa shape index (κ2) is 11.6. The monoisotopic (exact) mass is 468 g/mol. The minimum Gasteiger partial charge on any atom is -0.317 e. The summed E-state index contributed by atoms with van der Waals surface area (Å²) >= 11 is 0. The molecule has 0 aliphatic heterocycles. The summed E-state index contributed by atoms with van der Waals surface area (Å²) in [5, 5.41) is 3.39. The Balaban J connectivity index is 1.58. The number of para-hydroxylation sites is 1. The van der Waals surface area contributed by atoms with E-state index in [1.54, 1.807) is 0 Å². The van der Waals surface area contributed by atoms with E-state index in [0.29, 0.717) is 24.3 Å². The summed E-state index contributed by atoms with van der Waals surface area (Å²) < 4.78 is 0. The fourth-order valence-corrected chi connectivity index (χ4v) is 5.47. The van der Waals surface area contributed by atoms with Crippen molar-refractivity contribution in [2.24, 2.45) is 0 Å². The summed E-state index contributed by atoms with van der Waals surface area (Å²) in [6.45, 7) is 9.42. The molecule has 2 amide bonds. The van der Waals surface area contributed by atoms with Crippen LogP contribution in [0.3, 0.4) is 0 Å². The number of anilines is 1. The summed E-state index contributed by atoms with van der Waals surface area (Å²) in [7, 11) is 0. The predicted octanol–water partition coefficient (Wildman–Crippen LogP) is 8.69. The standard InChI is InChI=1S/C32H40N2O/c1-23(2)29-16-11-17-30(24(3)4)31(29)33-32(35)34(22-25-12-7-5-8-13-25)28-20-18-27(19-21-28)26-14-9-6-10-15-26/h5-17,23-24,27-28H,18-22H2,1-4H3,(H,33,35)/t27-,28+. The Hall–Kier alpha value is -3.07. The van der Waals surface area contributed by atoms with Crippen molar-refractivity contribution in [2.75, 3.05) is 5.32 Å². The number of amides is 2. The lowest BCUT2D eigenvalue weighted by atomic mass is 9.81. The number of carbonyl (C=O) groups is 1. The summed E-state index contributed by atoms with van der Waals surface area (Å²) in [5.41, 5.74) is 6.01. The fourth-order valence-electron chi connectivity index (χ4n) is 5.47. The normalized spacial score (nSPS) is 18.0. The third kappa shape index (κ3) is 6.14. The minimum absolute atomic E-state index is 0.0204. The predicted molar refractivity (Wildman–Crippen MR) is 147 cm³/mol. The average molecular weight is 469 g/mol. The van der Waals surface area contributed by atoms with E-state index >= 15 is 0 Å². The molecule has 0 atom stereocenters. The topological polar surface area (TPSA) is 32.3 Å². The van der Waals surface area contributed by atoms with E-state index in [4.69, 9.17) is 0 Å². The number of benzene rings is 3. The molecule has 1 N–H and O–H groups in total. The molecule has 0 radical (unpaired) electrons. The molecule has 184 valence electrons. The van der Waals surface area contributed by atoms with Crippen LogP contribution in [0.2, 0.25) is 0 Å². The van der Waals surface area contributed by atoms with Gasteiger partial charge in [0.05, 0.1) is 0 Å². The van der Waals surface area contributed by atoms with Gasteiger partial charge in [-0.15, -0.1) is 0 Å². The molecular weight excluding hydrogens is 428 g/mol. The average Bonchev–Trinajstić information content (AvgIpc) is 2.88.